The van der Waals surface area contributed by atoms with Crippen molar-refractivity contribution in [3.05, 3.63) is 62.2 Å². The van der Waals surface area contributed by atoms with Crippen molar-refractivity contribution in [1.82, 2.24) is 5.32 Å². The van der Waals surface area contributed by atoms with Crippen molar-refractivity contribution in [3.63, 3.8) is 0 Å². The number of halogens is 2. The van der Waals surface area contributed by atoms with E-state index in [1.165, 1.54) is 0 Å². The van der Waals surface area contributed by atoms with Gasteiger partial charge in [0.2, 0.25) is 0 Å². The molecule has 2 aromatic rings. The molecule has 1 amide bonds. The summed E-state index contributed by atoms with van der Waals surface area (Å²) in [7, 11) is 0. The maximum atomic E-state index is 11.9. The van der Waals surface area contributed by atoms with Crippen LogP contribution in [0.1, 0.15) is 15.9 Å². The first-order chi connectivity index (χ1) is 10.1. The molecule has 0 aliphatic carbocycles. The number of carbonyl (C=O) groups excluding carboxylic acids is 1. The largest absolute Gasteiger partial charge is 0.492 e. The number of benzene rings is 2. The van der Waals surface area contributed by atoms with Gasteiger partial charge in [-0.3, -0.25) is 4.79 Å². The van der Waals surface area contributed by atoms with Crippen molar-refractivity contribution in [2.45, 2.75) is 6.92 Å². The first-order valence-electron chi connectivity index (χ1n) is 6.49. The van der Waals surface area contributed by atoms with Crippen LogP contribution in [0.4, 0.5) is 0 Å². The van der Waals surface area contributed by atoms with Gasteiger partial charge in [-0.2, -0.15) is 0 Å². The van der Waals surface area contributed by atoms with Gasteiger partial charge < -0.3 is 10.1 Å². The van der Waals surface area contributed by atoms with Crippen LogP contribution in [0.2, 0.25) is 5.02 Å². The third-order valence-corrected chi connectivity index (χ3v) is 4.40. The Morgan fingerprint density at radius 1 is 1.29 bits per heavy atom. The Bertz CT molecular complexity index is 646. The molecule has 3 nitrogen and oxygen atoms in total. The predicted octanol–water partition coefficient (Wildman–Crippen LogP) is 4.06. The monoisotopic (exact) mass is 415 g/mol. The van der Waals surface area contributed by atoms with Gasteiger partial charge in [0, 0.05) is 9.13 Å². The number of nitrogens with one attached hydrogen (secondary N) is 1. The average molecular weight is 416 g/mol. The van der Waals surface area contributed by atoms with E-state index < -0.39 is 0 Å². The smallest absolute Gasteiger partial charge is 0.251 e. The first-order valence-corrected chi connectivity index (χ1v) is 7.94. The minimum absolute atomic E-state index is 0.152. The van der Waals surface area contributed by atoms with Crippen LogP contribution < -0.4 is 10.1 Å². The van der Waals surface area contributed by atoms with Gasteiger partial charge in [-0.1, -0.05) is 23.7 Å². The van der Waals surface area contributed by atoms with Crippen LogP contribution in [0.5, 0.6) is 5.75 Å². The molecule has 0 saturated heterocycles. The fourth-order valence-corrected chi connectivity index (χ4v) is 2.29. The fraction of sp³-hybridized carbons (Fsp3) is 0.188. The Morgan fingerprint density at radius 3 is 2.81 bits per heavy atom. The van der Waals surface area contributed by atoms with Crippen molar-refractivity contribution >= 4 is 40.1 Å². The lowest BCUT2D eigenvalue weighted by Gasteiger charge is -2.08. The van der Waals surface area contributed by atoms with Crippen LogP contribution in [0, 0.1) is 10.5 Å². The molecule has 0 unspecified atom stereocenters. The molecule has 0 spiro atoms. The maximum absolute atomic E-state index is 11.9. The molecule has 1 N–H and O–H groups in total. The second-order valence-corrected chi connectivity index (χ2v) is 6.12. The zero-order valence-electron chi connectivity index (χ0n) is 11.5. The van der Waals surface area contributed by atoms with Gasteiger partial charge in [0.25, 0.3) is 5.91 Å². The number of rotatable bonds is 5. The summed E-state index contributed by atoms with van der Waals surface area (Å²) in [5.74, 6) is 0.655. The Labute approximate surface area is 142 Å². The molecule has 21 heavy (non-hydrogen) atoms. The van der Waals surface area contributed by atoms with Crippen molar-refractivity contribution < 1.29 is 9.53 Å². The van der Waals surface area contributed by atoms with Crippen molar-refractivity contribution in [2.75, 3.05) is 13.2 Å². The van der Waals surface area contributed by atoms with Crippen LogP contribution in [0.25, 0.3) is 0 Å². The van der Waals surface area contributed by atoms with Gasteiger partial charge >= 0.3 is 0 Å². The number of hydrogen-bond acceptors (Lipinski definition) is 2. The SMILES string of the molecule is Cc1cccc(OCCNC(=O)c2ccc(I)c(Cl)c2)c1. The van der Waals surface area contributed by atoms with Crippen LogP contribution >= 0.6 is 34.2 Å². The molecule has 0 heterocycles. The van der Waals surface area contributed by atoms with E-state index in [2.05, 4.69) is 27.9 Å². The first kappa shape index (κ1) is 16.1. The van der Waals surface area contributed by atoms with E-state index in [0.717, 1.165) is 14.9 Å². The molecule has 5 heteroatoms. The summed E-state index contributed by atoms with van der Waals surface area (Å²) < 4.78 is 6.50. The Balaban J connectivity index is 1.80. The molecule has 0 aliphatic rings. The third kappa shape index (κ3) is 4.89. The summed E-state index contributed by atoms with van der Waals surface area (Å²) >= 11 is 8.13. The second kappa shape index (κ2) is 7.66. The normalized spacial score (nSPS) is 10.2. The topological polar surface area (TPSA) is 38.3 Å². The molecule has 2 aromatic carbocycles. The predicted molar refractivity (Wildman–Crippen MR) is 93.2 cm³/mol. The van der Waals surface area contributed by atoms with Crippen molar-refractivity contribution in [1.29, 1.82) is 0 Å². The van der Waals surface area contributed by atoms with Crippen LogP contribution in [-0.2, 0) is 0 Å². The second-order valence-electron chi connectivity index (χ2n) is 4.55. The van der Waals surface area contributed by atoms with Crippen molar-refractivity contribution in [2.24, 2.45) is 0 Å². The molecule has 0 fully saturated rings. The lowest BCUT2D eigenvalue weighted by Crippen LogP contribution is -2.28. The van der Waals surface area contributed by atoms with Crippen LogP contribution in [0.15, 0.2) is 42.5 Å². The Kier molecular flexibility index (Phi) is 5.87. The molecule has 0 atom stereocenters. The molecule has 0 saturated carbocycles. The van der Waals surface area contributed by atoms with Gasteiger partial charge in [-0.05, 0) is 65.4 Å². The standard InChI is InChI=1S/C16H15ClINO2/c1-11-3-2-4-13(9-11)21-8-7-19-16(20)12-5-6-15(18)14(17)10-12/h2-6,9-10H,7-8H2,1H3,(H,19,20). The third-order valence-electron chi connectivity index (χ3n) is 2.83. The highest BCUT2D eigenvalue weighted by molar-refractivity contribution is 14.1. The van der Waals surface area contributed by atoms with Gasteiger partial charge in [0.15, 0.2) is 0 Å². The number of carbonyl (C=O) groups is 1. The number of aryl methyl sites for hydroxylation is 1. The van der Waals surface area contributed by atoms with Gasteiger partial charge in [-0.25, -0.2) is 0 Å². The fourth-order valence-electron chi connectivity index (χ4n) is 1.78. The molecular weight excluding hydrogens is 401 g/mol. The molecular formula is C16H15ClINO2. The van der Waals surface area contributed by atoms with Crippen LogP contribution in [0.3, 0.4) is 0 Å². The molecule has 0 bridgehead atoms. The van der Waals surface area contributed by atoms with E-state index in [-0.39, 0.29) is 5.91 Å². The number of ether oxygens (including phenoxy) is 1. The van der Waals surface area contributed by atoms with Gasteiger partial charge in [0.1, 0.15) is 12.4 Å². The van der Waals surface area contributed by atoms with E-state index in [0.29, 0.717) is 23.7 Å². The number of hydrogen-bond donors (Lipinski definition) is 1. The maximum Gasteiger partial charge on any atom is 0.251 e. The van der Waals surface area contributed by atoms with Crippen molar-refractivity contribution in [3.8, 4) is 5.75 Å². The highest BCUT2D eigenvalue weighted by Gasteiger charge is 2.07. The summed E-state index contributed by atoms with van der Waals surface area (Å²) in [6.07, 6.45) is 0. The lowest BCUT2D eigenvalue weighted by atomic mass is 10.2. The summed E-state index contributed by atoms with van der Waals surface area (Å²) in [5, 5.41) is 3.39. The zero-order valence-corrected chi connectivity index (χ0v) is 14.4. The molecule has 0 aromatic heterocycles. The summed E-state index contributed by atoms with van der Waals surface area (Å²) in [5.41, 5.74) is 1.70. The lowest BCUT2D eigenvalue weighted by molar-refractivity contribution is 0.0947. The molecule has 0 radical (unpaired) electrons. The Hall–Kier alpha value is -1.27. The highest BCUT2D eigenvalue weighted by Crippen LogP contribution is 2.19. The Morgan fingerprint density at radius 2 is 2.10 bits per heavy atom. The minimum Gasteiger partial charge on any atom is -0.492 e. The quantitative estimate of drug-likeness (QED) is 0.591. The summed E-state index contributed by atoms with van der Waals surface area (Å²) in [4.78, 5) is 11.9. The van der Waals surface area contributed by atoms with E-state index in [4.69, 9.17) is 16.3 Å². The number of amides is 1. The van der Waals surface area contributed by atoms with Gasteiger partial charge in [0.05, 0.1) is 11.6 Å². The van der Waals surface area contributed by atoms with Gasteiger partial charge in [-0.15, -0.1) is 0 Å². The summed E-state index contributed by atoms with van der Waals surface area (Å²) in [6, 6.07) is 13.0. The summed E-state index contributed by atoms with van der Waals surface area (Å²) in [6.45, 7) is 2.87. The van der Waals surface area contributed by atoms with E-state index in [1.54, 1.807) is 12.1 Å². The van der Waals surface area contributed by atoms with E-state index in [9.17, 15) is 4.79 Å². The highest BCUT2D eigenvalue weighted by atomic mass is 127. The minimum atomic E-state index is -0.152. The zero-order chi connectivity index (χ0) is 15.2. The molecule has 110 valence electrons. The van der Waals surface area contributed by atoms with E-state index in [1.807, 2.05) is 37.3 Å². The molecule has 2 rings (SSSR count). The van der Waals surface area contributed by atoms with E-state index >= 15 is 0 Å². The molecule has 0 aliphatic heterocycles. The van der Waals surface area contributed by atoms with Crippen LogP contribution in [-0.4, -0.2) is 19.1 Å². The average Bonchev–Trinajstić information content (AvgIpc) is 2.46.